The fraction of sp³-hybridized carbons (Fsp3) is 0.500. The van der Waals surface area contributed by atoms with Crippen molar-refractivity contribution in [3.05, 3.63) is 35.9 Å². The molecular formula is C12H16. The van der Waals surface area contributed by atoms with Crippen molar-refractivity contribution in [2.45, 2.75) is 32.1 Å². The Labute approximate surface area is 74.6 Å². The van der Waals surface area contributed by atoms with E-state index in [-0.39, 0.29) is 0 Å². The van der Waals surface area contributed by atoms with Crippen molar-refractivity contribution >= 4 is 0 Å². The summed E-state index contributed by atoms with van der Waals surface area (Å²) >= 11 is 0. The van der Waals surface area contributed by atoms with Crippen LogP contribution < -0.4 is 0 Å². The normalized spacial score (nSPS) is 28.1. The lowest BCUT2D eigenvalue weighted by Crippen LogP contribution is -2.20. The van der Waals surface area contributed by atoms with Gasteiger partial charge in [-0.1, -0.05) is 43.7 Å². The Bertz CT molecular complexity index is 231. The SMILES string of the molecule is CCC1CC(c2ccccc2)C1. The molecule has 1 aliphatic carbocycles. The second-order valence-electron chi connectivity index (χ2n) is 3.85. The molecule has 2 rings (SSSR count). The van der Waals surface area contributed by atoms with Gasteiger partial charge in [-0.05, 0) is 30.2 Å². The summed E-state index contributed by atoms with van der Waals surface area (Å²) in [7, 11) is 0. The molecule has 0 N–H and O–H groups in total. The van der Waals surface area contributed by atoms with E-state index >= 15 is 0 Å². The summed E-state index contributed by atoms with van der Waals surface area (Å²) in [6, 6.07) is 10.9. The average molecular weight is 160 g/mol. The predicted octanol–water partition coefficient (Wildman–Crippen LogP) is 3.59. The van der Waals surface area contributed by atoms with Crippen molar-refractivity contribution in [2.75, 3.05) is 0 Å². The van der Waals surface area contributed by atoms with E-state index in [0.717, 1.165) is 11.8 Å². The summed E-state index contributed by atoms with van der Waals surface area (Å²) in [6.45, 7) is 2.30. The van der Waals surface area contributed by atoms with Gasteiger partial charge < -0.3 is 0 Å². The van der Waals surface area contributed by atoms with Gasteiger partial charge >= 0.3 is 0 Å². The third-order valence-corrected chi connectivity index (χ3v) is 3.08. The molecule has 0 aromatic heterocycles. The Kier molecular flexibility index (Phi) is 2.16. The highest BCUT2D eigenvalue weighted by Gasteiger charge is 2.28. The van der Waals surface area contributed by atoms with Gasteiger partial charge in [0, 0.05) is 0 Å². The van der Waals surface area contributed by atoms with Crippen LogP contribution in [0.3, 0.4) is 0 Å². The molecule has 0 saturated heterocycles. The van der Waals surface area contributed by atoms with E-state index in [1.54, 1.807) is 5.56 Å². The molecule has 1 aliphatic rings. The van der Waals surface area contributed by atoms with E-state index in [2.05, 4.69) is 37.3 Å². The first-order valence-electron chi connectivity index (χ1n) is 4.95. The van der Waals surface area contributed by atoms with Crippen molar-refractivity contribution in [3.8, 4) is 0 Å². The molecule has 0 amide bonds. The maximum atomic E-state index is 2.30. The summed E-state index contributed by atoms with van der Waals surface area (Å²) in [6.07, 6.45) is 4.20. The molecule has 0 aliphatic heterocycles. The molecule has 0 atom stereocenters. The van der Waals surface area contributed by atoms with Gasteiger partial charge in [-0.15, -0.1) is 0 Å². The number of hydrogen-bond donors (Lipinski definition) is 0. The highest BCUT2D eigenvalue weighted by atomic mass is 14.3. The lowest BCUT2D eigenvalue weighted by molar-refractivity contribution is 0.256. The largest absolute Gasteiger partial charge is 0.0651 e. The summed E-state index contributed by atoms with van der Waals surface area (Å²) < 4.78 is 0. The summed E-state index contributed by atoms with van der Waals surface area (Å²) in [5.74, 6) is 1.88. The van der Waals surface area contributed by atoms with Crippen LogP contribution in [0.1, 0.15) is 37.7 Å². The molecule has 0 heterocycles. The van der Waals surface area contributed by atoms with Gasteiger partial charge in [0.1, 0.15) is 0 Å². The minimum atomic E-state index is 0.871. The fourth-order valence-electron chi connectivity index (χ4n) is 2.07. The average Bonchev–Trinajstić information content (AvgIpc) is 2.04. The van der Waals surface area contributed by atoms with Gasteiger partial charge in [-0.25, -0.2) is 0 Å². The van der Waals surface area contributed by atoms with Crippen LogP contribution >= 0.6 is 0 Å². The Morgan fingerprint density at radius 3 is 2.42 bits per heavy atom. The zero-order valence-electron chi connectivity index (χ0n) is 7.66. The van der Waals surface area contributed by atoms with Crippen LogP contribution in [0.5, 0.6) is 0 Å². The maximum absolute atomic E-state index is 2.30. The smallest absolute Gasteiger partial charge is 0.0157 e. The van der Waals surface area contributed by atoms with Crippen LogP contribution in [-0.4, -0.2) is 0 Å². The Morgan fingerprint density at radius 2 is 1.83 bits per heavy atom. The Balaban J connectivity index is 1.97. The maximum Gasteiger partial charge on any atom is -0.0157 e. The molecule has 0 bridgehead atoms. The lowest BCUT2D eigenvalue weighted by atomic mass is 9.70. The minimum absolute atomic E-state index is 0.871. The number of rotatable bonds is 2. The van der Waals surface area contributed by atoms with Crippen LogP contribution in [0.2, 0.25) is 0 Å². The van der Waals surface area contributed by atoms with Crippen LogP contribution in [0, 0.1) is 5.92 Å². The van der Waals surface area contributed by atoms with Crippen LogP contribution in [0.15, 0.2) is 30.3 Å². The van der Waals surface area contributed by atoms with Crippen LogP contribution in [0.25, 0.3) is 0 Å². The number of hydrogen-bond acceptors (Lipinski definition) is 0. The molecular weight excluding hydrogens is 144 g/mol. The monoisotopic (exact) mass is 160 g/mol. The van der Waals surface area contributed by atoms with Crippen molar-refractivity contribution in [1.29, 1.82) is 0 Å². The van der Waals surface area contributed by atoms with E-state index in [4.69, 9.17) is 0 Å². The van der Waals surface area contributed by atoms with Crippen molar-refractivity contribution in [1.82, 2.24) is 0 Å². The molecule has 1 aromatic carbocycles. The molecule has 0 heteroatoms. The fourth-order valence-corrected chi connectivity index (χ4v) is 2.07. The van der Waals surface area contributed by atoms with Gasteiger partial charge in [0.25, 0.3) is 0 Å². The predicted molar refractivity (Wildman–Crippen MR) is 52.2 cm³/mol. The summed E-state index contributed by atoms with van der Waals surface area (Å²) in [5.41, 5.74) is 1.54. The van der Waals surface area contributed by atoms with Gasteiger partial charge in [0.15, 0.2) is 0 Å². The molecule has 0 unspecified atom stereocenters. The molecule has 64 valence electrons. The van der Waals surface area contributed by atoms with Crippen molar-refractivity contribution in [3.63, 3.8) is 0 Å². The van der Waals surface area contributed by atoms with E-state index in [1.807, 2.05) is 0 Å². The molecule has 0 nitrogen and oxygen atoms in total. The minimum Gasteiger partial charge on any atom is -0.0651 e. The third kappa shape index (κ3) is 1.38. The quantitative estimate of drug-likeness (QED) is 0.620. The second kappa shape index (κ2) is 3.30. The molecule has 0 radical (unpaired) electrons. The van der Waals surface area contributed by atoms with Gasteiger partial charge in [-0.3, -0.25) is 0 Å². The highest BCUT2D eigenvalue weighted by molar-refractivity contribution is 5.21. The van der Waals surface area contributed by atoms with Gasteiger partial charge in [0.2, 0.25) is 0 Å². The Morgan fingerprint density at radius 1 is 1.17 bits per heavy atom. The zero-order chi connectivity index (χ0) is 8.39. The molecule has 1 saturated carbocycles. The first kappa shape index (κ1) is 7.85. The van der Waals surface area contributed by atoms with Crippen LogP contribution in [-0.2, 0) is 0 Å². The van der Waals surface area contributed by atoms with Gasteiger partial charge in [-0.2, -0.15) is 0 Å². The standard InChI is InChI=1S/C12H16/c1-2-10-8-12(9-10)11-6-4-3-5-7-11/h3-7,10,12H,2,8-9H2,1H3. The molecule has 1 fully saturated rings. The lowest BCUT2D eigenvalue weighted by Gasteiger charge is -2.35. The second-order valence-corrected chi connectivity index (χ2v) is 3.85. The molecule has 1 aromatic rings. The first-order chi connectivity index (χ1) is 5.90. The molecule has 12 heavy (non-hydrogen) atoms. The number of benzene rings is 1. The van der Waals surface area contributed by atoms with E-state index < -0.39 is 0 Å². The topological polar surface area (TPSA) is 0 Å². The molecule has 0 spiro atoms. The third-order valence-electron chi connectivity index (χ3n) is 3.08. The van der Waals surface area contributed by atoms with Crippen LogP contribution in [0.4, 0.5) is 0 Å². The van der Waals surface area contributed by atoms with E-state index in [0.29, 0.717) is 0 Å². The summed E-state index contributed by atoms with van der Waals surface area (Å²) in [5, 5.41) is 0. The van der Waals surface area contributed by atoms with Crippen molar-refractivity contribution in [2.24, 2.45) is 5.92 Å². The highest BCUT2D eigenvalue weighted by Crippen LogP contribution is 2.42. The van der Waals surface area contributed by atoms with Crippen molar-refractivity contribution < 1.29 is 0 Å². The first-order valence-corrected chi connectivity index (χ1v) is 4.95. The van der Waals surface area contributed by atoms with Gasteiger partial charge in [0.05, 0.1) is 0 Å². The summed E-state index contributed by atoms with van der Waals surface area (Å²) in [4.78, 5) is 0. The van der Waals surface area contributed by atoms with E-state index in [9.17, 15) is 0 Å². The Hall–Kier alpha value is -0.780. The zero-order valence-corrected chi connectivity index (χ0v) is 7.66. The van der Waals surface area contributed by atoms with E-state index in [1.165, 1.54) is 19.3 Å².